The highest BCUT2D eigenvalue weighted by atomic mass is 79.9. The Balaban J connectivity index is 1.87. The minimum Gasteiger partial charge on any atom is -0.250 e. The maximum atomic E-state index is 9.10. The molecular formula is C14H13BrN4. The van der Waals surface area contributed by atoms with E-state index in [4.69, 9.17) is 5.26 Å². The van der Waals surface area contributed by atoms with Crippen molar-refractivity contribution >= 4 is 15.9 Å². The highest BCUT2D eigenvalue weighted by molar-refractivity contribution is 9.10. The summed E-state index contributed by atoms with van der Waals surface area (Å²) in [6.45, 7) is 2.69. The maximum absolute atomic E-state index is 9.10. The number of halogens is 1. The van der Waals surface area contributed by atoms with Crippen LogP contribution in [-0.2, 0) is 6.54 Å². The Morgan fingerprint density at radius 3 is 2.89 bits per heavy atom. The summed E-state index contributed by atoms with van der Waals surface area (Å²) in [5.74, 6) is 0. The van der Waals surface area contributed by atoms with Crippen molar-refractivity contribution in [3.63, 3.8) is 0 Å². The van der Waals surface area contributed by atoms with E-state index in [1.165, 1.54) is 5.56 Å². The molecule has 1 aliphatic carbocycles. The molecule has 0 aliphatic heterocycles. The SMILES string of the molecule is Cc1ccc(-c2cn(CC3(C#N)CC3)nn2)c(Br)c1. The van der Waals surface area contributed by atoms with Gasteiger partial charge in [0.2, 0.25) is 0 Å². The molecule has 1 saturated carbocycles. The Hall–Kier alpha value is -1.67. The van der Waals surface area contributed by atoms with Crippen LogP contribution in [0.15, 0.2) is 28.9 Å². The summed E-state index contributed by atoms with van der Waals surface area (Å²) in [5.41, 5.74) is 2.86. The van der Waals surface area contributed by atoms with Crippen LogP contribution in [0.5, 0.6) is 0 Å². The van der Waals surface area contributed by atoms with Crippen LogP contribution in [0.2, 0.25) is 0 Å². The van der Waals surface area contributed by atoms with Gasteiger partial charge in [-0.1, -0.05) is 33.3 Å². The minimum absolute atomic E-state index is 0.199. The number of aryl methyl sites for hydroxylation is 1. The topological polar surface area (TPSA) is 54.5 Å². The zero-order chi connectivity index (χ0) is 13.5. The lowest BCUT2D eigenvalue weighted by Crippen LogP contribution is -2.10. The maximum Gasteiger partial charge on any atom is 0.114 e. The van der Waals surface area contributed by atoms with E-state index in [1.807, 2.05) is 12.3 Å². The smallest absolute Gasteiger partial charge is 0.114 e. The number of nitrogens with zero attached hydrogens (tertiary/aromatic N) is 4. The molecule has 96 valence electrons. The monoisotopic (exact) mass is 316 g/mol. The average Bonchev–Trinajstić information content (AvgIpc) is 3.00. The first-order valence-electron chi connectivity index (χ1n) is 6.20. The first-order chi connectivity index (χ1) is 9.12. The second-order valence-electron chi connectivity index (χ2n) is 5.18. The number of benzene rings is 1. The molecule has 0 N–H and O–H groups in total. The molecule has 1 aromatic carbocycles. The van der Waals surface area contributed by atoms with Gasteiger partial charge in [-0.15, -0.1) is 5.10 Å². The molecule has 0 radical (unpaired) electrons. The van der Waals surface area contributed by atoms with Gasteiger partial charge in [0.05, 0.1) is 24.2 Å². The van der Waals surface area contributed by atoms with E-state index in [0.717, 1.165) is 28.6 Å². The Morgan fingerprint density at radius 2 is 2.26 bits per heavy atom. The van der Waals surface area contributed by atoms with Gasteiger partial charge >= 0.3 is 0 Å². The van der Waals surface area contributed by atoms with Crippen LogP contribution in [0, 0.1) is 23.7 Å². The third kappa shape index (κ3) is 2.41. The number of hydrogen-bond acceptors (Lipinski definition) is 3. The lowest BCUT2D eigenvalue weighted by atomic mass is 10.1. The van der Waals surface area contributed by atoms with E-state index in [0.29, 0.717) is 6.54 Å². The molecule has 0 unspecified atom stereocenters. The van der Waals surface area contributed by atoms with E-state index >= 15 is 0 Å². The fourth-order valence-electron chi connectivity index (χ4n) is 2.09. The third-order valence-electron chi connectivity index (χ3n) is 3.49. The molecule has 2 aromatic rings. The first kappa shape index (κ1) is 12.4. The molecule has 0 amide bonds. The average molecular weight is 317 g/mol. The molecule has 3 rings (SSSR count). The number of nitriles is 1. The minimum atomic E-state index is -0.199. The van der Waals surface area contributed by atoms with Gasteiger partial charge in [0.1, 0.15) is 5.69 Å². The van der Waals surface area contributed by atoms with Gasteiger partial charge in [-0.2, -0.15) is 5.26 Å². The molecule has 0 atom stereocenters. The van der Waals surface area contributed by atoms with Gasteiger partial charge in [-0.05, 0) is 31.4 Å². The summed E-state index contributed by atoms with van der Waals surface area (Å²) in [4.78, 5) is 0. The van der Waals surface area contributed by atoms with Gasteiger partial charge in [0.15, 0.2) is 0 Å². The normalized spacial score (nSPS) is 16.1. The standard InChI is InChI=1S/C14H13BrN4/c1-10-2-3-11(12(15)6-10)13-7-19(18-17-13)9-14(8-16)4-5-14/h2-3,6-7H,4-5,9H2,1H3. The summed E-state index contributed by atoms with van der Waals surface area (Å²) >= 11 is 3.55. The van der Waals surface area contributed by atoms with Crippen molar-refractivity contribution in [1.82, 2.24) is 15.0 Å². The lowest BCUT2D eigenvalue weighted by Gasteiger charge is -2.04. The van der Waals surface area contributed by atoms with E-state index in [-0.39, 0.29) is 5.41 Å². The van der Waals surface area contributed by atoms with Crippen molar-refractivity contribution in [3.8, 4) is 17.3 Å². The van der Waals surface area contributed by atoms with Crippen molar-refractivity contribution in [1.29, 1.82) is 5.26 Å². The van der Waals surface area contributed by atoms with Gasteiger partial charge in [0.25, 0.3) is 0 Å². The van der Waals surface area contributed by atoms with Crippen molar-refractivity contribution in [2.75, 3.05) is 0 Å². The van der Waals surface area contributed by atoms with Crippen LogP contribution in [0.4, 0.5) is 0 Å². The Bertz CT molecular complexity index is 664. The molecule has 19 heavy (non-hydrogen) atoms. The lowest BCUT2D eigenvalue weighted by molar-refractivity contribution is 0.474. The van der Waals surface area contributed by atoms with Gasteiger partial charge in [-0.3, -0.25) is 4.68 Å². The highest BCUT2D eigenvalue weighted by Gasteiger charge is 2.43. The van der Waals surface area contributed by atoms with Crippen LogP contribution >= 0.6 is 15.9 Å². The molecule has 1 heterocycles. The summed E-state index contributed by atoms with van der Waals surface area (Å²) in [7, 11) is 0. The molecule has 1 aromatic heterocycles. The number of rotatable bonds is 3. The van der Waals surface area contributed by atoms with Crippen molar-refractivity contribution < 1.29 is 0 Å². The van der Waals surface area contributed by atoms with Crippen LogP contribution in [0.1, 0.15) is 18.4 Å². The van der Waals surface area contributed by atoms with Crippen LogP contribution in [-0.4, -0.2) is 15.0 Å². The van der Waals surface area contributed by atoms with Gasteiger partial charge in [-0.25, -0.2) is 0 Å². The molecule has 5 heteroatoms. The predicted molar refractivity (Wildman–Crippen MR) is 75.2 cm³/mol. The second-order valence-corrected chi connectivity index (χ2v) is 6.03. The van der Waals surface area contributed by atoms with E-state index in [1.54, 1.807) is 4.68 Å². The van der Waals surface area contributed by atoms with Crippen molar-refractivity contribution in [2.45, 2.75) is 26.3 Å². The molecule has 1 fully saturated rings. The molecule has 0 spiro atoms. The quantitative estimate of drug-likeness (QED) is 0.872. The van der Waals surface area contributed by atoms with Crippen LogP contribution in [0.25, 0.3) is 11.3 Å². The Labute approximate surface area is 120 Å². The molecular weight excluding hydrogens is 304 g/mol. The second kappa shape index (κ2) is 4.46. The molecule has 0 saturated heterocycles. The fraction of sp³-hybridized carbons (Fsp3) is 0.357. The molecule has 0 bridgehead atoms. The van der Waals surface area contributed by atoms with Crippen molar-refractivity contribution in [2.24, 2.45) is 5.41 Å². The summed E-state index contributed by atoms with van der Waals surface area (Å²) in [6.07, 6.45) is 3.84. The molecule has 1 aliphatic rings. The van der Waals surface area contributed by atoms with Crippen LogP contribution < -0.4 is 0 Å². The van der Waals surface area contributed by atoms with Gasteiger partial charge in [0, 0.05) is 10.0 Å². The van der Waals surface area contributed by atoms with Crippen molar-refractivity contribution in [3.05, 3.63) is 34.4 Å². The zero-order valence-electron chi connectivity index (χ0n) is 10.6. The Morgan fingerprint density at radius 1 is 1.47 bits per heavy atom. The zero-order valence-corrected chi connectivity index (χ0v) is 12.2. The molecule has 4 nitrogen and oxygen atoms in total. The van der Waals surface area contributed by atoms with E-state index in [2.05, 4.69) is 51.4 Å². The fourth-order valence-corrected chi connectivity index (χ4v) is 2.79. The summed E-state index contributed by atoms with van der Waals surface area (Å²) in [5, 5.41) is 17.4. The van der Waals surface area contributed by atoms with E-state index < -0.39 is 0 Å². The van der Waals surface area contributed by atoms with Gasteiger partial charge < -0.3 is 0 Å². The summed E-state index contributed by atoms with van der Waals surface area (Å²) < 4.78 is 2.79. The largest absolute Gasteiger partial charge is 0.250 e. The van der Waals surface area contributed by atoms with E-state index in [9.17, 15) is 0 Å². The number of aromatic nitrogens is 3. The predicted octanol–water partition coefficient (Wildman–Crippen LogP) is 3.32. The van der Waals surface area contributed by atoms with Crippen LogP contribution in [0.3, 0.4) is 0 Å². The Kier molecular flexibility index (Phi) is 2.90. The summed E-state index contributed by atoms with van der Waals surface area (Å²) in [6, 6.07) is 8.52. The highest BCUT2D eigenvalue weighted by Crippen LogP contribution is 2.46. The number of hydrogen-bond donors (Lipinski definition) is 0. The first-order valence-corrected chi connectivity index (χ1v) is 6.99. The third-order valence-corrected chi connectivity index (χ3v) is 4.15.